The minimum absolute atomic E-state index is 0.0851. The molecule has 16 heteroatoms. The Hall–Kier alpha value is -4.44. The van der Waals surface area contributed by atoms with Gasteiger partial charge in [0.25, 0.3) is 10.0 Å². The predicted molar refractivity (Wildman–Crippen MR) is 166 cm³/mol. The molecule has 234 valence electrons. The molecule has 1 saturated heterocycles. The number of pyridine rings is 2. The summed E-state index contributed by atoms with van der Waals surface area (Å²) in [5, 5.41) is 6.36. The lowest BCUT2D eigenvalue weighted by atomic mass is 9.92. The lowest BCUT2D eigenvalue weighted by molar-refractivity contribution is 0.0564. The predicted octanol–water partition coefficient (Wildman–Crippen LogP) is 5.95. The molecule has 1 N–H and O–H groups in total. The summed E-state index contributed by atoms with van der Waals surface area (Å²) < 4.78 is 72.0. The fourth-order valence-corrected chi connectivity index (χ4v) is 7.66. The Labute approximate surface area is 270 Å². The average molecular weight is 683 g/mol. The van der Waals surface area contributed by atoms with Gasteiger partial charge >= 0.3 is 6.55 Å². The molecule has 1 fully saturated rings. The van der Waals surface area contributed by atoms with Crippen LogP contribution in [-0.4, -0.2) is 56.5 Å². The van der Waals surface area contributed by atoms with E-state index in [4.69, 9.17) is 16.6 Å². The fraction of sp³-hybridized carbons (Fsp3) is 0.167. The molecule has 6 heterocycles. The number of aromatic nitrogens is 5. The first-order valence-corrected chi connectivity index (χ1v) is 16.6. The number of alkyl halides is 2. The third-order valence-electron chi connectivity index (χ3n) is 7.50. The van der Waals surface area contributed by atoms with Crippen LogP contribution in [0.5, 0.6) is 0 Å². The molecule has 46 heavy (non-hydrogen) atoms. The van der Waals surface area contributed by atoms with Gasteiger partial charge in [0.2, 0.25) is 0 Å². The quantitative estimate of drug-likeness (QED) is 0.215. The van der Waals surface area contributed by atoms with Crippen molar-refractivity contribution in [2.75, 3.05) is 6.54 Å². The van der Waals surface area contributed by atoms with Crippen molar-refractivity contribution in [1.29, 1.82) is 0 Å². The van der Waals surface area contributed by atoms with Crippen molar-refractivity contribution in [3.05, 3.63) is 118 Å². The van der Waals surface area contributed by atoms with Gasteiger partial charge in [0.1, 0.15) is 11.9 Å². The SMILES string of the molecule is O=S(=O)(N[C@H]1CC2=C(c3ccn(C(F)F)n3)[C@H](c3ccc(F)cc3Cl)N=C(c3nccs3)N2C1)c1cccc(-c2cccnc2)n1. The van der Waals surface area contributed by atoms with E-state index >= 15 is 0 Å². The van der Waals surface area contributed by atoms with E-state index in [2.05, 4.69) is 24.8 Å². The number of hydrogen-bond acceptors (Lipinski definition) is 9. The van der Waals surface area contributed by atoms with Crippen LogP contribution in [0.25, 0.3) is 16.8 Å². The first-order chi connectivity index (χ1) is 22.2. The highest BCUT2D eigenvalue weighted by molar-refractivity contribution is 7.89. The molecule has 0 spiro atoms. The van der Waals surface area contributed by atoms with Crippen molar-refractivity contribution in [2.24, 2.45) is 4.99 Å². The van der Waals surface area contributed by atoms with Crippen LogP contribution in [0.3, 0.4) is 0 Å². The lowest BCUT2D eigenvalue weighted by Gasteiger charge is -2.32. The number of fused-ring (bicyclic) bond motifs is 1. The number of benzene rings is 1. The van der Waals surface area contributed by atoms with Crippen molar-refractivity contribution in [2.45, 2.75) is 30.1 Å². The maximum atomic E-state index is 14.1. The highest BCUT2D eigenvalue weighted by Crippen LogP contribution is 2.46. The van der Waals surface area contributed by atoms with E-state index in [1.807, 2.05) is 4.90 Å². The minimum Gasteiger partial charge on any atom is -0.326 e. The third kappa shape index (κ3) is 5.70. The first kappa shape index (κ1) is 30.2. The van der Waals surface area contributed by atoms with E-state index in [-0.39, 0.29) is 28.7 Å². The van der Waals surface area contributed by atoms with Crippen LogP contribution in [0.4, 0.5) is 13.2 Å². The monoisotopic (exact) mass is 682 g/mol. The summed E-state index contributed by atoms with van der Waals surface area (Å²) in [6.07, 6.45) is 6.12. The molecule has 10 nitrogen and oxygen atoms in total. The van der Waals surface area contributed by atoms with Crippen molar-refractivity contribution < 1.29 is 21.6 Å². The Morgan fingerprint density at radius 2 is 1.93 bits per heavy atom. The molecule has 0 radical (unpaired) electrons. The van der Waals surface area contributed by atoms with Crippen LogP contribution in [0, 0.1) is 5.82 Å². The Balaban J connectivity index is 1.31. The summed E-state index contributed by atoms with van der Waals surface area (Å²) in [6, 6.07) is 12.0. The van der Waals surface area contributed by atoms with Crippen molar-refractivity contribution in [3.63, 3.8) is 0 Å². The molecule has 5 aromatic rings. The van der Waals surface area contributed by atoms with Gasteiger partial charge < -0.3 is 4.90 Å². The molecule has 0 saturated carbocycles. The zero-order valence-corrected chi connectivity index (χ0v) is 25.9. The van der Waals surface area contributed by atoms with Crippen molar-refractivity contribution >= 4 is 44.4 Å². The van der Waals surface area contributed by atoms with Crippen molar-refractivity contribution in [1.82, 2.24) is 34.4 Å². The number of nitrogens with one attached hydrogen (secondary N) is 1. The smallest absolute Gasteiger partial charge is 0.326 e. The highest BCUT2D eigenvalue weighted by atomic mass is 35.5. The molecule has 2 aliphatic heterocycles. The van der Waals surface area contributed by atoms with Gasteiger partial charge in [0.05, 0.1) is 11.4 Å². The van der Waals surface area contributed by atoms with Crippen molar-refractivity contribution in [3.8, 4) is 11.3 Å². The van der Waals surface area contributed by atoms with Gasteiger partial charge in [-0.15, -0.1) is 11.3 Å². The van der Waals surface area contributed by atoms with Gasteiger partial charge in [-0.1, -0.05) is 23.7 Å². The van der Waals surface area contributed by atoms with E-state index in [1.165, 1.54) is 35.6 Å². The second kappa shape index (κ2) is 12.1. The standard InChI is InChI=1S/C30H22ClF3N8O2S2/c31-21-13-18(32)6-7-20(21)27-26(23-8-11-42(39-23)30(33)34)24-14-19(16-41(24)28(38-27)29-36-10-12-45-29)40-46(43,44)25-5-1-4-22(37-25)17-3-2-9-35-15-17/h1-13,15,19,27,30,40H,14,16H2/t19-,27-/m0/s1. The zero-order valence-electron chi connectivity index (χ0n) is 23.5. The van der Waals surface area contributed by atoms with Gasteiger partial charge in [0, 0.05) is 76.6 Å². The number of rotatable bonds is 8. The van der Waals surface area contributed by atoms with Gasteiger partial charge in [0.15, 0.2) is 15.9 Å². The second-order valence-corrected chi connectivity index (χ2v) is 13.4. The molecule has 0 amide bonds. The first-order valence-electron chi connectivity index (χ1n) is 13.8. The number of sulfonamides is 1. The molecule has 4 aromatic heterocycles. The van der Waals surface area contributed by atoms with Crippen LogP contribution in [0.15, 0.2) is 100 Å². The largest absolute Gasteiger partial charge is 0.333 e. The molecule has 2 atom stereocenters. The van der Waals surface area contributed by atoms with Gasteiger partial charge in [-0.3, -0.25) is 9.98 Å². The summed E-state index contributed by atoms with van der Waals surface area (Å²) in [6.45, 7) is -2.74. The topological polar surface area (TPSA) is 118 Å². The molecular weight excluding hydrogens is 661 g/mol. The molecule has 2 aliphatic rings. The van der Waals surface area contributed by atoms with E-state index in [0.29, 0.717) is 43.6 Å². The number of hydrogen-bond donors (Lipinski definition) is 1. The number of thiazole rings is 1. The number of nitrogens with zero attached hydrogens (tertiary/aromatic N) is 7. The highest BCUT2D eigenvalue weighted by Gasteiger charge is 2.42. The molecule has 0 bridgehead atoms. The van der Waals surface area contributed by atoms with E-state index in [1.54, 1.807) is 48.2 Å². The summed E-state index contributed by atoms with van der Waals surface area (Å²) in [4.78, 5) is 19.7. The number of amidine groups is 1. The van der Waals surface area contributed by atoms with E-state index in [9.17, 15) is 21.6 Å². The van der Waals surface area contributed by atoms with Gasteiger partial charge in [-0.05, 0) is 42.5 Å². The fourth-order valence-electron chi connectivity index (χ4n) is 5.55. The third-order valence-corrected chi connectivity index (χ3v) is 10.0. The number of halogens is 4. The second-order valence-electron chi connectivity index (χ2n) is 10.4. The Kier molecular flexibility index (Phi) is 7.92. The molecule has 7 rings (SSSR count). The van der Waals surface area contributed by atoms with Crippen LogP contribution in [0.1, 0.15) is 35.3 Å². The maximum Gasteiger partial charge on any atom is 0.333 e. The molecule has 1 aromatic carbocycles. The van der Waals surface area contributed by atoms with Gasteiger partial charge in [-0.2, -0.15) is 13.9 Å². The van der Waals surface area contributed by atoms with Crippen LogP contribution >= 0.6 is 22.9 Å². The summed E-state index contributed by atoms with van der Waals surface area (Å²) in [5.74, 6) is -0.117. The minimum atomic E-state index is -4.12. The van der Waals surface area contributed by atoms with Crippen LogP contribution in [-0.2, 0) is 10.0 Å². The average Bonchev–Trinajstić information content (AvgIpc) is 3.83. The lowest BCUT2D eigenvalue weighted by Crippen LogP contribution is -2.39. The number of aliphatic imine (C=N–C) groups is 1. The summed E-state index contributed by atoms with van der Waals surface area (Å²) in [5.41, 5.74) is 2.75. The molecular formula is C30H22ClF3N8O2S2. The summed E-state index contributed by atoms with van der Waals surface area (Å²) in [7, 11) is -4.12. The Morgan fingerprint density at radius 1 is 1.07 bits per heavy atom. The zero-order chi connectivity index (χ0) is 32.0. The molecule has 0 aliphatic carbocycles. The van der Waals surface area contributed by atoms with Gasteiger partial charge in [-0.25, -0.2) is 32.2 Å². The maximum absolute atomic E-state index is 14.1. The van der Waals surface area contributed by atoms with Crippen LogP contribution < -0.4 is 4.72 Å². The van der Waals surface area contributed by atoms with E-state index in [0.717, 1.165) is 12.3 Å². The summed E-state index contributed by atoms with van der Waals surface area (Å²) >= 11 is 7.85. The van der Waals surface area contributed by atoms with Crippen LogP contribution in [0.2, 0.25) is 5.02 Å². The molecule has 0 unspecified atom stereocenters. The normalized spacial score (nSPS) is 18.3. The van der Waals surface area contributed by atoms with E-state index < -0.39 is 34.5 Å². The Morgan fingerprint density at radius 3 is 2.65 bits per heavy atom. The Bertz CT molecular complexity index is 2090.